The molecule has 0 rings (SSSR count). The zero-order valence-electron chi connectivity index (χ0n) is 7.28. The Balaban J connectivity index is 3.50. The zero-order valence-corrected chi connectivity index (χ0v) is 8.10. The molecule has 0 aliphatic rings. The lowest BCUT2D eigenvalue weighted by Crippen LogP contribution is -2.17. The van der Waals surface area contributed by atoms with Crippen LogP contribution >= 0.6 is 0 Å². The van der Waals surface area contributed by atoms with Crippen LogP contribution in [0.2, 0.25) is 0 Å². The Morgan fingerprint density at radius 3 is 2.67 bits per heavy atom. The average molecular weight is 194 g/mol. The third-order valence-corrected chi connectivity index (χ3v) is 1.95. The van der Waals surface area contributed by atoms with Crippen LogP contribution in [0.1, 0.15) is 20.3 Å². The van der Waals surface area contributed by atoms with Gasteiger partial charge in [-0.15, -0.1) is 0 Å². The van der Waals surface area contributed by atoms with E-state index in [-0.39, 0.29) is 0 Å². The molecule has 0 aromatic rings. The van der Waals surface area contributed by atoms with E-state index >= 15 is 0 Å². The molecule has 0 aromatic carbocycles. The lowest BCUT2D eigenvalue weighted by Gasteiger charge is -2.08. The molecular weight excluding hydrogens is 180 g/mol. The average Bonchev–Trinajstić information content (AvgIpc) is 1.99. The maximum atomic E-state index is 10.7. The summed E-state index contributed by atoms with van der Waals surface area (Å²) in [6, 6.07) is 0. The molecule has 1 N–H and O–H groups in total. The first-order valence-corrected chi connectivity index (χ1v) is 5.07. The topological polar surface area (TPSA) is 63.6 Å². The van der Waals surface area contributed by atoms with Crippen molar-refractivity contribution in [2.75, 3.05) is 12.4 Å². The minimum absolute atomic E-state index is 0.307. The first-order valence-electron chi connectivity index (χ1n) is 3.79. The summed E-state index contributed by atoms with van der Waals surface area (Å²) < 4.78 is 23.2. The van der Waals surface area contributed by atoms with Crippen LogP contribution in [-0.4, -0.2) is 27.1 Å². The van der Waals surface area contributed by atoms with Crippen molar-refractivity contribution >= 4 is 17.0 Å². The van der Waals surface area contributed by atoms with Crippen LogP contribution in [0.3, 0.4) is 0 Å². The fourth-order valence-corrected chi connectivity index (χ4v) is 0.781. The molecule has 0 bridgehead atoms. The molecule has 0 spiro atoms. The lowest BCUT2D eigenvalue weighted by atomic mass is 10.1. The van der Waals surface area contributed by atoms with Crippen molar-refractivity contribution in [2.24, 2.45) is 5.92 Å². The van der Waals surface area contributed by atoms with E-state index < -0.39 is 22.8 Å². The molecule has 0 fully saturated rings. The summed E-state index contributed by atoms with van der Waals surface area (Å²) in [7, 11) is 0. The van der Waals surface area contributed by atoms with E-state index in [1.54, 1.807) is 0 Å². The summed E-state index contributed by atoms with van der Waals surface area (Å²) in [5.74, 6) is -0.742. The van der Waals surface area contributed by atoms with Crippen LogP contribution in [-0.2, 0) is 20.6 Å². The molecule has 0 saturated carbocycles. The fraction of sp³-hybridized carbons (Fsp3) is 0.857. The molecule has 0 aliphatic heterocycles. The van der Waals surface area contributed by atoms with Crippen LogP contribution < -0.4 is 0 Å². The van der Waals surface area contributed by atoms with Crippen LogP contribution in [0.25, 0.3) is 0 Å². The molecule has 72 valence electrons. The van der Waals surface area contributed by atoms with Gasteiger partial charge in [-0.2, -0.15) is 0 Å². The molecule has 0 amide bonds. The molecule has 2 unspecified atom stereocenters. The van der Waals surface area contributed by atoms with Gasteiger partial charge in [0.2, 0.25) is 0 Å². The van der Waals surface area contributed by atoms with Gasteiger partial charge in [-0.05, 0) is 5.92 Å². The minimum Gasteiger partial charge on any atom is -0.465 e. The van der Waals surface area contributed by atoms with E-state index in [0.29, 0.717) is 12.5 Å². The van der Waals surface area contributed by atoms with Crippen LogP contribution in [0, 0.1) is 5.92 Å². The van der Waals surface area contributed by atoms with Crippen molar-refractivity contribution in [3.8, 4) is 0 Å². The summed E-state index contributed by atoms with van der Waals surface area (Å²) in [6.45, 7) is 4.26. The van der Waals surface area contributed by atoms with E-state index in [1.807, 2.05) is 13.8 Å². The van der Waals surface area contributed by atoms with Gasteiger partial charge in [0.05, 0.1) is 6.61 Å². The first-order chi connectivity index (χ1) is 5.56. The number of hydrogen-bond acceptors (Lipinski definition) is 3. The Labute approximate surface area is 74.6 Å². The molecular formula is C7H14O4S. The van der Waals surface area contributed by atoms with E-state index in [0.717, 1.165) is 6.42 Å². The molecule has 0 aliphatic carbocycles. The predicted molar refractivity (Wildman–Crippen MR) is 46.1 cm³/mol. The number of carbonyl (C=O) groups excluding carboxylic acids is 1. The minimum atomic E-state index is -2.09. The number of hydrogen-bond donors (Lipinski definition) is 1. The number of ether oxygens (including phenoxy) is 1. The monoisotopic (exact) mass is 194 g/mol. The molecule has 0 heterocycles. The number of carbonyl (C=O) groups is 1. The van der Waals surface area contributed by atoms with Crippen molar-refractivity contribution in [2.45, 2.75) is 20.3 Å². The molecule has 2 atom stereocenters. The standard InChI is InChI=1S/C7H14O4S/c1-3-6(2)4-11-7(8)5-12(9)10/h6H,3-5H2,1-2H3,(H,9,10). The number of esters is 1. The van der Waals surface area contributed by atoms with Gasteiger partial charge in [0.1, 0.15) is 5.75 Å². The van der Waals surface area contributed by atoms with Crippen LogP contribution in [0.4, 0.5) is 0 Å². The summed E-state index contributed by atoms with van der Waals surface area (Å²) in [5.41, 5.74) is 0. The van der Waals surface area contributed by atoms with Crippen molar-refractivity contribution in [3.05, 3.63) is 0 Å². The Kier molecular flexibility index (Phi) is 5.92. The van der Waals surface area contributed by atoms with Crippen molar-refractivity contribution < 1.29 is 18.3 Å². The Morgan fingerprint density at radius 2 is 2.25 bits per heavy atom. The van der Waals surface area contributed by atoms with Crippen LogP contribution in [0.15, 0.2) is 0 Å². The fourth-order valence-electron chi connectivity index (χ4n) is 0.496. The predicted octanol–water partition coefficient (Wildman–Crippen LogP) is 0.797. The molecule has 12 heavy (non-hydrogen) atoms. The van der Waals surface area contributed by atoms with Gasteiger partial charge in [0.25, 0.3) is 0 Å². The van der Waals surface area contributed by atoms with Gasteiger partial charge < -0.3 is 9.29 Å². The summed E-state index contributed by atoms with van der Waals surface area (Å²) >= 11 is -2.09. The molecule has 0 radical (unpaired) electrons. The number of rotatable bonds is 5. The highest BCUT2D eigenvalue weighted by molar-refractivity contribution is 7.80. The maximum absolute atomic E-state index is 10.7. The maximum Gasteiger partial charge on any atom is 0.320 e. The molecule has 0 aromatic heterocycles. The second-order valence-corrected chi connectivity index (χ2v) is 3.59. The van der Waals surface area contributed by atoms with E-state index in [2.05, 4.69) is 0 Å². The largest absolute Gasteiger partial charge is 0.465 e. The third kappa shape index (κ3) is 6.30. The highest BCUT2D eigenvalue weighted by Gasteiger charge is 2.08. The van der Waals surface area contributed by atoms with Crippen molar-refractivity contribution in [1.29, 1.82) is 0 Å². The van der Waals surface area contributed by atoms with E-state index in [4.69, 9.17) is 9.29 Å². The highest BCUT2D eigenvalue weighted by atomic mass is 32.2. The van der Waals surface area contributed by atoms with Crippen molar-refractivity contribution in [1.82, 2.24) is 0 Å². The zero-order chi connectivity index (χ0) is 9.56. The van der Waals surface area contributed by atoms with Crippen molar-refractivity contribution in [3.63, 3.8) is 0 Å². The van der Waals surface area contributed by atoms with Gasteiger partial charge in [0.15, 0.2) is 11.1 Å². The van der Waals surface area contributed by atoms with Crippen LogP contribution in [0.5, 0.6) is 0 Å². The van der Waals surface area contributed by atoms with Gasteiger partial charge in [0, 0.05) is 0 Å². The Hall–Kier alpha value is -0.420. The Morgan fingerprint density at radius 1 is 1.67 bits per heavy atom. The SMILES string of the molecule is CCC(C)COC(=O)CS(=O)O. The van der Waals surface area contributed by atoms with E-state index in [9.17, 15) is 9.00 Å². The quantitative estimate of drug-likeness (QED) is 0.519. The lowest BCUT2D eigenvalue weighted by molar-refractivity contribution is -0.141. The van der Waals surface area contributed by atoms with Gasteiger partial charge in [-0.25, -0.2) is 4.21 Å². The molecule has 4 nitrogen and oxygen atoms in total. The first kappa shape index (κ1) is 11.6. The summed E-state index contributed by atoms with van der Waals surface area (Å²) in [4.78, 5) is 10.7. The smallest absolute Gasteiger partial charge is 0.320 e. The highest BCUT2D eigenvalue weighted by Crippen LogP contribution is 2.00. The van der Waals surface area contributed by atoms with E-state index in [1.165, 1.54) is 0 Å². The normalized spacial score (nSPS) is 15.2. The van der Waals surface area contributed by atoms with Gasteiger partial charge in [-0.3, -0.25) is 4.79 Å². The van der Waals surface area contributed by atoms with Gasteiger partial charge >= 0.3 is 5.97 Å². The molecule has 5 heteroatoms. The Bertz CT molecular complexity index is 169. The van der Waals surface area contributed by atoms with Gasteiger partial charge in [-0.1, -0.05) is 20.3 Å². The second kappa shape index (κ2) is 6.14. The summed E-state index contributed by atoms with van der Waals surface area (Å²) in [5, 5.41) is 0. The summed E-state index contributed by atoms with van der Waals surface area (Å²) in [6.07, 6.45) is 0.926. The second-order valence-electron chi connectivity index (χ2n) is 2.66. The molecule has 0 saturated heterocycles. The third-order valence-electron chi connectivity index (χ3n) is 1.47.